The first-order chi connectivity index (χ1) is 8.70. The summed E-state index contributed by atoms with van der Waals surface area (Å²) in [6.07, 6.45) is 1.21. The number of carbonyl (C=O) groups is 2. The average molecular weight is 259 g/mol. The lowest BCUT2D eigenvalue weighted by Gasteiger charge is -2.33. The van der Waals surface area contributed by atoms with Crippen molar-refractivity contribution < 1.29 is 23.8 Å². The molecule has 1 atom stereocenters. The van der Waals surface area contributed by atoms with E-state index in [9.17, 15) is 9.59 Å². The van der Waals surface area contributed by atoms with E-state index in [0.717, 1.165) is 6.42 Å². The Morgan fingerprint density at radius 3 is 2.83 bits per heavy atom. The van der Waals surface area contributed by atoms with Crippen LogP contribution in [-0.2, 0) is 23.8 Å². The predicted octanol–water partition coefficient (Wildman–Crippen LogP) is 0.204. The fourth-order valence-corrected chi connectivity index (χ4v) is 1.78. The quantitative estimate of drug-likeness (QED) is 0.504. The van der Waals surface area contributed by atoms with Crippen LogP contribution in [0.5, 0.6) is 0 Å². The van der Waals surface area contributed by atoms with Crippen LogP contribution >= 0.6 is 0 Å². The molecule has 0 aliphatic carbocycles. The fourth-order valence-electron chi connectivity index (χ4n) is 1.78. The van der Waals surface area contributed by atoms with E-state index < -0.39 is 12.0 Å². The number of esters is 1. The van der Waals surface area contributed by atoms with Gasteiger partial charge in [0, 0.05) is 13.2 Å². The van der Waals surface area contributed by atoms with Gasteiger partial charge in [-0.15, -0.1) is 0 Å². The van der Waals surface area contributed by atoms with Crippen LogP contribution in [0.25, 0.3) is 0 Å². The molecule has 18 heavy (non-hydrogen) atoms. The maximum Gasteiger partial charge on any atom is 0.331 e. The van der Waals surface area contributed by atoms with Crippen LogP contribution < -0.4 is 0 Å². The molecular formula is C12H21NO5. The van der Waals surface area contributed by atoms with Crippen LogP contribution in [0, 0.1) is 0 Å². The molecule has 0 N–H and O–H groups in total. The smallest absolute Gasteiger partial charge is 0.331 e. The van der Waals surface area contributed by atoms with Gasteiger partial charge in [-0.1, -0.05) is 6.92 Å². The number of amides is 1. The first-order valence-corrected chi connectivity index (χ1v) is 6.23. The van der Waals surface area contributed by atoms with Crippen molar-refractivity contribution in [2.75, 3.05) is 40.1 Å². The van der Waals surface area contributed by atoms with Gasteiger partial charge >= 0.3 is 5.97 Å². The first kappa shape index (κ1) is 14.9. The Morgan fingerprint density at radius 1 is 1.39 bits per heavy atom. The molecular weight excluding hydrogens is 238 g/mol. The summed E-state index contributed by atoms with van der Waals surface area (Å²) in [5.41, 5.74) is 0. The monoisotopic (exact) mass is 259 g/mol. The molecule has 1 aliphatic heterocycles. The number of methoxy groups -OCH3 is 1. The van der Waals surface area contributed by atoms with Crippen LogP contribution in [0.15, 0.2) is 0 Å². The summed E-state index contributed by atoms with van der Waals surface area (Å²) in [5.74, 6) is -0.526. The molecule has 0 bridgehead atoms. The fraction of sp³-hybridized carbons (Fsp3) is 0.833. The van der Waals surface area contributed by atoms with Gasteiger partial charge < -0.3 is 19.1 Å². The third-order valence-corrected chi connectivity index (χ3v) is 2.73. The lowest BCUT2D eigenvalue weighted by molar-refractivity contribution is -0.161. The summed E-state index contributed by atoms with van der Waals surface area (Å²) < 4.78 is 15.1. The van der Waals surface area contributed by atoms with Crippen molar-refractivity contribution in [3.63, 3.8) is 0 Å². The van der Waals surface area contributed by atoms with E-state index in [0.29, 0.717) is 26.4 Å². The van der Waals surface area contributed by atoms with Gasteiger partial charge in [0.1, 0.15) is 0 Å². The number of nitrogens with zero attached hydrogens (tertiary/aromatic N) is 1. The predicted molar refractivity (Wildman–Crippen MR) is 64.1 cm³/mol. The highest BCUT2D eigenvalue weighted by atomic mass is 16.5. The van der Waals surface area contributed by atoms with Gasteiger partial charge in [0.15, 0.2) is 6.04 Å². The summed E-state index contributed by atoms with van der Waals surface area (Å²) in [6, 6.07) is -0.623. The highest BCUT2D eigenvalue weighted by molar-refractivity contribution is 5.84. The molecule has 1 unspecified atom stereocenters. The van der Waals surface area contributed by atoms with E-state index in [1.54, 1.807) is 0 Å². The molecule has 1 amide bonds. The van der Waals surface area contributed by atoms with Crippen LogP contribution in [0.1, 0.15) is 19.8 Å². The lowest BCUT2D eigenvalue weighted by atomic mass is 10.2. The Bertz CT molecular complexity index is 282. The Morgan fingerprint density at radius 2 is 2.17 bits per heavy atom. The van der Waals surface area contributed by atoms with Crippen molar-refractivity contribution in [3.8, 4) is 0 Å². The summed E-state index contributed by atoms with van der Waals surface area (Å²) >= 11 is 0. The van der Waals surface area contributed by atoms with Crippen LogP contribution in [-0.4, -0.2) is 62.9 Å². The standard InChI is InChI=1S/C12H21NO5/c1-3-6-17-7-4-11(14)13-5-8-18-9-10(13)12(15)16-2/h10H,3-9H2,1-2H3. The lowest BCUT2D eigenvalue weighted by Crippen LogP contribution is -2.53. The zero-order valence-corrected chi connectivity index (χ0v) is 11.0. The summed E-state index contributed by atoms with van der Waals surface area (Å²) in [4.78, 5) is 25.0. The second-order valence-electron chi connectivity index (χ2n) is 4.06. The van der Waals surface area contributed by atoms with E-state index in [1.165, 1.54) is 12.0 Å². The van der Waals surface area contributed by atoms with E-state index in [1.807, 2.05) is 6.92 Å². The molecule has 104 valence electrons. The van der Waals surface area contributed by atoms with Crippen molar-refractivity contribution in [2.24, 2.45) is 0 Å². The minimum atomic E-state index is -0.623. The Hall–Kier alpha value is -1.14. The van der Waals surface area contributed by atoms with E-state index >= 15 is 0 Å². The van der Waals surface area contributed by atoms with E-state index in [2.05, 4.69) is 4.74 Å². The number of hydrogen-bond acceptors (Lipinski definition) is 5. The van der Waals surface area contributed by atoms with Crippen molar-refractivity contribution in [1.29, 1.82) is 0 Å². The number of carbonyl (C=O) groups excluding carboxylic acids is 2. The van der Waals surface area contributed by atoms with Gasteiger partial charge in [-0.3, -0.25) is 4.79 Å². The second-order valence-corrected chi connectivity index (χ2v) is 4.06. The molecule has 1 rings (SSSR count). The summed E-state index contributed by atoms with van der Waals surface area (Å²) in [5, 5.41) is 0. The van der Waals surface area contributed by atoms with Crippen LogP contribution in [0.3, 0.4) is 0 Å². The maximum atomic E-state index is 12.0. The highest BCUT2D eigenvalue weighted by Gasteiger charge is 2.33. The van der Waals surface area contributed by atoms with Crippen molar-refractivity contribution in [1.82, 2.24) is 4.90 Å². The van der Waals surface area contributed by atoms with Crippen LogP contribution in [0.2, 0.25) is 0 Å². The molecule has 0 aromatic heterocycles. The normalized spacial score (nSPS) is 19.7. The SMILES string of the molecule is CCCOCCC(=O)N1CCOCC1C(=O)OC. The minimum absolute atomic E-state index is 0.0928. The second kappa shape index (κ2) is 8.05. The van der Waals surface area contributed by atoms with Gasteiger partial charge in [0.2, 0.25) is 5.91 Å². The van der Waals surface area contributed by atoms with Crippen molar-refractivity contribution in [3.05, 3.63) is 0 Å². The molecule has 0 saturated carbocycles. The Kier molecular flexibility index (Phi) is 6.67. The molecule has 1 heterocycles. The summed E-state index contributed by atoms with van der Waals surface area (Å²) in [7, 11) is 1.31. The van der Waals surface area contributed by atoms with Gasteiger partial charge in [0.05, 0.1) is 33.4 Å². The molecule has 0 aromatic carbocycles. The molecule has 1 aliphatic rings. The number of rotatable bonds is 6. The Balaban J connectivity index is 2.44. The minimum Gasteiger partial charge on any atom is -0.467 e. The first-order valence-electron chi connectivity index (χ1n) is 6.23. The van der Waals surface area contributed by atoms with E-state index in [4.69, 9.17) is 9.47 Å². The van der Waals surface area contributed by atoms with Gasteiger partial charge in [-0.25, -0.2) is 4.79 Å². The largest absolute Gasteiger partial charge is 0.467 e. The third-order valence-electron chi connectivity index (χ3n) is 2.73. The zero-order valence-electron chi connectivity index (χ0n) is 11.0. The van der Waals surface area contributed by atoms with Crippen molar-refractivity contribution in [2.45, 2.75) is 25.8 Å². The number of ether oxygens (including phenoxy) is 3. The van der Waals surface area contributed by atoms with Crippen LogP contribution in [0.4, 0.5) is 0 Å². The molecule has 6 heteroatoms. The van der Waals surface area contributed by atoms with E-state index in [-0.39, 0.29) is 18.9 Å². The average Bonchev–Trinajstić information content (AvgIpc) is 2.42. The highest BCUT2D eigenvalue weighted by Crippen LogP contribution is 2.10. The summed E-state index contributed by atoms with van der Waals surface area (Å²) in [6.45, 7) is 4.13. The molecule has 0 radical (unpaired) electrons. The molecule has 1 saturated heterocycles. The number of morpholine rings is 1. The third kappa shape index (κ3) is 4.27. The molecule has 6 nitrogen and oxygen atoms in total. The van der Waals surface area contributed by atoms with Gasteiger partial charge in [0.25, 0.3) is 0 Å². The van der Waals surface area contributed by atoms with Gasteiger partial charge in [-0.05, 0) is 6.42 Å². The molecule has 0 spiro atoms. The number of hydrogen-bond donors (Lipinski definition) is 0. The molecule has 1 fully saturated rings. The maximum absolute atomic E-state index is 12.0. The zero-order chi connectivity index (χ0) is 13.4. The van der Waals surface area contributed by atoms with Crippen molar-refractivity contribution >= 4 is 11.9 Å². The van der Waals surface area contributed by atoms with Gasteiger partial charge in [-0.2, -0.15) is 0 Å². The molecule has 0 aromatic rings. The Labute approximate surface area is 107 Å². The topological polar surface area (TPSA) is 65.1 Å².